The zero-order chi connectivity index (χ0) is 13.1. The molecule has 1 N–H and O–H groups in total. The lowest BCUT2D eigenvalue weighted by molar-refractivity contribution is -0.132. The number of rotatable bonds is 2. The molecule has 1 aromatic rings. The molecule has 0 bridgehead atoms. The summed E-state index contributed by atoms with van der Waals surface area (Å²) in [5.41, 5.74) is 2.28. The van der Waals surface area contributed by atoms with Crippen molar-refractivity contribution in [2.45, 2.75) is 32.9 Å². The number of carbonyl (C=O) groups is 2. The van der Waals surface area contributed by atoms with Gasteiger partial charge in [-0.05, 0) is 19.4 Å². The number of amides is 2. The van der Waals surface area contributed by atoms with Crippen LogP contribution in [-0.2, 0) is 16.1 Å². The molecule has 1 aliphatic rings. The lowest BCUT2D eigenvalue weighted by atomic mass is 10.1. The van der Waals surface area contributed by atoms with Crippen LogP contribution in [0.3, 0.4) is 0 Å². The first kappa shape index (κ1) is 12.6. The van der Waals surface area contributed by atoms with Gasteiger partial charge in [-0.2, -0.15) is 0 Å². The summed E-state index contributed by atoms with van der Waals surface area (Å²) in [6.45, 7) is 4.62. The first-order valence-electron chi connectivity index (χ1n) is 6.18. The smallest absolute Gasteiger partial charge is 0.242 e. The standard InChI is InChI=1S/C14H18N2O2/c1-10-4-3-5-12(6-10)9-16-11(2)7-13(17)15-8-14(16)18/h3-6,11H,7-9H2,1-2H3,(H,15,17). The maximum Gasteiger partial charge on any atom is 0.242 e. The van der Waals surface area contributed by atoms with E-state index < -0.39 is 0 Å². The summed E-state index contributed by atoms with van der Waals surface area (Å²) in [6, 6.07) is 8.04. The highest BCUT2D eigenvalue weighted by molar-refractivity contribution is 5.87. The highest BCUT2D eigenvalue weighted by atomic mass is 16.2. The maximum absolute atomic E-state index is 12.0. The van der Waals surface area contributed by atoms with E-state index in [0.717, 1.165) is 5.56 Å². The van der Waals surface area contributed by atoms with Gasteiger partial charge in [0, 0.05) is 19.0 Å². The molecule has 1 fully saturated rings. The van der Waals surface area contributed by atoms with E-state index in [2.05, 4.69) is 11.4 Å². The quantitative estimate of drug-likeness (QED) is 0.853. The van der Waals surface area contributed by atoms with Crippen molar-refractivity contribution in [2.75, 3.05) is 6.54 Å². The van der Waals surface area contributed by atoms with Gasteiger partial charge >= 0.3 is 0 Å². The van der Waals surface area contributed by atoms with Gasteiger partial charge in [-0.15, -0.1) is 0 Å². The highest BCUT2D eigenvalue weighted by Gasteiger charge is 2.26. The van der Waals surface area contributed by atoms with Crippen LogP contribution in [0.5, 0.6) is 0 Å². The van der Waals surface area contributed by atoms with E-state index in [0.29, 0.717) is 13.0 Å². The first-order valence-corrected chi connectivity index (χ1v) is 6.18. The molecule has 4 heteroatoms. The Morgan fingerprint density at radius 1 is 1.39 bits per heavy atom. The molecule has 0 saturated carbocycles. The molecule has 1 aliphatic heterocycles. The third kappa shape index (κ3) is 2.88. The molecule has 18 heavy (non-hydrogen) atoms. The van der Waals surface area contributed by atoms with Crippen LogP contribution in [0.4, 0.5) is 0 Å². The maximum atomic E-state index is 12.0. The van der Waals surface area contributed by atoms with Gasteiger partial charge in [0.05, 0.1) is 6.54 Å². The number of hydrogen-bond donors (Lipinski definition) is 1. The van der Waals surface area contributed by atoms with E-state index in [1.807, 2.05) is 32.0 Å². The summed E-state index contributed by atoms with van der Waals surface area (Å²) in [5, 5.41) is 2.62. The van der Waals surface area contributed by atoms with Gasteiger partial charge < -0.3 is 10.2 Å². The molecular weight excluding hydrogens is 228 g/mol. The number of benzene rings is 1. The molecule has 1 unspecified atom stereocenters. The molecule has 1 atom stereocenters. The van der Waals surface area contributed by atoms with E-state index in [9.17, 15) is 9.59 Å². The fourth-order valence-electron chi connectivity index (χ4n) is 2.22. The molecule has 1 aromatic carbocycles. The molecular formula is C14H18N2O2. The molecule has 0 aliphatic carbocycles. The second-order valence-corrected chi connectivity index (χ2v) is 4.84. The lowest BCUT2D eigenvalue weighted by Crippen LogP contribution is -2.39. The van der Waals surface area contributed by atoms with Crippen LogP contribution in [0.2, 0.25) is 0 Å². The van der Waals surface area contributed by atoms with Crippen LogP contribution in [-0.4, -0.2) is 29.3 Å². The Bertz CT molecular complexity index is 471. The number of hydrogen-bond acceptors (Lipinski definition) is 2. The second-order valence-electron chi connectivity index (χ2n) is 4.84. The van der Waals surface area contributed by atoms with E-state index >= 15 is 0 Å². The van der Waals surface area contributed by atoms with Crippen LogP contribution < -0.4 is 5.32 Å². The summed E-state index contributed by atoms with van der Waals surface area (Å²) >= 11 is 0. The fourth-order valence-corrected chi connectivity index (χ4v) is 2.22. The Kier molecular flexibility index (Phi) is 3.65. The Hall–Kier alpha value is -1.84. The first-order chi connectivity index (χ1) is 8.56. The minimum Gasteiger partial charge on any atom is -0.347 e. The number of aryl methyl sites for hydroxylation is 1. The lowest BCUT2D eigenvalue weighted by Gasteiger charge is -2.26. The van der Waals surface area contributed by atoms with Crippen LogP contribution in [0.25, 0.3) is 0 Å². The molecule has 96 valence electrons. The van der Waals surface area contributed by atoms with Crippen molar-refractivity contribution in [2.24, 2.45) is 0 Å². The van der Waals surface area contributed by atoms with Crippen molar-refractivity contribution >= 4 is 11.8 Å². The average molecular weight is 246 g/mol. The summed E-state index contributed by atoms with van der Waals surface area (Å²) in [5.74, 6) is -0.0718. The summed E-state index contributed by atoms with van der Waals surface area (Å²) in [4.78, 5) is 25.1. The number of nitrogens with zero attached hydrogens (tertiary/aromatic N) is 1. The minimum atomic E-state index is -0.0551. The van der Waals surface area contributed by atoms with Crippen molar-refractivity contribution < 1.29 is 9.59 Å². The van der Waals surface area contributed by atoms with Crippen molar-refractivity contribution in [1.29, 1.82) is 0 Å². The van der Waals surface area contributed by atoms with Gasteiger partial charge in [-0.3, -0.25) is 9.59 Å². The fraction of sp³-hybridized carbons (Fsp3) is 0.429. The summed E-state index contributed by atoms with van der Waals surface area (Å²) in [6.07, 6.45) is 0.373. The second kappa shape index (κ2) is 5.21. The van der Waals surface area contributed by atoms with E-state index in [1.54, 1.807) is 4.90 Å². The van der Waals surface area contributed by atoms with Crippen LogP contribution >= 0.6 is 0 Å². The molecule has 1 heterocycles. The molecule has 0 aromatic heterocycles. The SMILES string of the molecule is Cc1cccc(CN2C(=O)CNC(=O)CC2C)c1. The molecule has 4 nitrogen and oxygen atoms in total. The predicted molar refractivity (Wildman–Crippen MR) is 68.8 cm³/mol. The predicted octanol–water partition coefficient (Wildman–Crippen LogP) is 1.23. The molecule has 0 spiro atoms. The zero-order valence-electron chi connectivity index (χ0n) is 10.8. The normalized spacial score (nSPS) is 20.6. The van der Waals surface area contributed by atoms with Gasteiger partial charge in [0.15, 0.2) is 0 Å². The van der Waals surface area contributed by atoms with Crippen LogP contribution in [0.1, 0.15) is 24.5 Å². The van der Waals surface area contributed by atoms with Gasteiger partial charge in [0.2, 0.25) is 11.8 Å². The Labute approximate surface area is 107 Å². The Morgan fingerprint density at radius 2 is 2.17 bits per heavy atom. The monoisotopic (exact) mass is 246 g/mol. The van der Waals surface area contributed by atoms with Gasteiger partial charge in [-0.25, -0.2) is 0 Å². The van der Waals surface area contributed by atoms with Crippen LogP contribution in [0, 0.1) is 6.92 Å². The van der Waals surface area contributed by atoms with Gasteiger partial charge in [0.25, 0.3) is 0 Å². The highest BCUT2D eigenvalue weighted by Crippen LogP contribution is 2.14. The Morgan fingerprint density at radius 3 is 2.89 bits per heavy atom. The van der Waals surface area contributed by atoms with Gasteiger partial charge in [-0.1, -0.05) is 29.8 Å². The van der Waals surface area contributed by atoms with Crippen molar-refractivity contribution in [3.05, 3.63) is 35.4 Å². The average Bonchev–Trinajstić information content (AvgIpc) is 2.43. The zero-order valence-corrected chi connectivity index (χ0v) is 10.8. The number of carbonyl (C=O) groups excluding carboxylic acids is 2. The topological polar surface area (TPSA) is 49.4 Å². The van der Waals surface area contributed by atoms with Gasteiger partial charge in [0.1, 0.15) is 0 Å². The van der Waals surface area contributed by atoms with E-state index in [-0.39, 0.29) is 24.4 Å². The van der Waals surface area contributed by atoms with Crippen molar-refractivity contribution in [3.8, 4) is 0 Å². The Balaban J connectivity index is 2.15. The molecule has 2 amide bonds. The van der Waals surface area contributed by atoms with Crippen LogP contribution in [0.15, 0.2) is 24.3 Å². The molecule has 0 radical (unpaired) electrons. The summed E-state index contributed by atoms with van der Waals surface area (Å²) < 4.78 is 0. The summed E-state index contributed by atoms with van der Waals surface area (Å²) in [7, 11) is 0. The number of nitrogens with one attached hydrogen (secondary N) is 1. The largest absolute Gasteiger partial charge is 0.347 e. The molecule has 1 saturated heterocycles. The van der Waals surface area contributed by atoms with E-state index in [4.69, 9.17) is 0 Å². The van der Waals surface area contributed by atoms with E-state index in [1.165, 1.54) is 5.56 Å². The third-order valence-electron chi connectivity index (χ3n) is 3.21. The minimum absolute atomic E-state index is 0.0187. The van der Waals surface area contributed by atoms with Crippen molar-refractivity contribution in [1.82, 2.24) is 10.2 Å². The molecule has 2 rings (SSSR count). The third-order valence-corrected chi connectivity index (χ3v) is 3.21. The van der Waals surface area contributed by atoms with Crippen molar-refractivity contribution in [3.63, 3.8) is 0 Å².